The topological polar surface area (TPSA) is 29.1 Å². The molecule has 0 saturated heterocycles. The summed E-state index contributed by atoms with van der Waals surface area (Å²) in [5.74, 6) is -0.0717. The van der Waals surface area contributed by atoms with Crippen LogP contribution >= 0.6 is 0 Å². The molecule has 0 bridgehead atoms. The third-order valence-electron chi connectivity index (χ3n) is 3.31. The van der Waals surface area contributed by atoms with Crippen molar-refractivity contribution in [3.63, 3.8) is 0 Å². The predicted octanol–water partition coefficient (Wildman–Crippen LogP) is -1.44. The molecule has 0 radical (unpaired) electrons. The van der Waals surface area contributed by atoms with Crippen LogP contribution in [0, 0.1) is 0 Å². The molecule has 4 heteroatoms. The molecule has 0 fully saturated rings. The smallest absolute Gasteiger partial charge is 0.243 e. The van der Waals surface area contributed by atoms with Gasteiger partial charge in [0.15, 0.2) is 0 Å². The van der Waals surface area contributed by atoms with Crippen molar-refractivity contribution in [1.29, 1.82) is 0 Å². The fourth-order valence-electron chi connectivity index (χ4n) is 1.84. The first-order valence-corrected chi connectivity index (χ1v) is 5.89. The van der Waals surface area contributed by atoms with Crippen molar-refractivity contribution in [2.75, 3.05) is 32.7 Å². The number of carbonyl (C=O) groups excluding carboxylic acids is 1. The first kappa shape index (κ1) is 17.8. The van der Waals surface area contributed by atoms with Crippen molar-refractivity contribution in [3.8, 4) is 0 Å². The Kier molecular flexibility index (Phi) is 10.8. The highest BCUT2D eigenvalue weighted by molar-refractivity contribution is 5.86. The van der Waals surface area contributed by atoms with E-state index in [-0.39, 0.29) is 18.3 Å². The Morgan fingerprint density at radius 1 is 1.25 bits per heavy atom. The van der Waals surface area contributed by atoms with Gasteiger partial charge in [0.2, 0.25) is 5.91 Å². The summed E-state index contributed by atoms with van der Waals surface area (Å²) in [4.78, 5) is 10.9. The Balaban J connectivity index is 0. The molecule has 0 aromatic heterocycles. The van der Waals surface area contributed by atoms with Gasteiger partial charge < -0.3 is 22.2 Å². The Bertz CT molecular complexity index is 195. The number of rotatable bonds is 8. The molecule has 0 aliphatic carbocycles. The number of halogens is 1. The largest absolute Gasteiger partial charge is 1.00 e. The molecule has 0 aliphatic heterocycles. The highest BCUT2D eigenvalue weighted by Gasteiger charge is 2.19. The van der Waals surface area contributed by atoms with Gasteiger partial charge in [-0.05, 0) is 26.8 Å². The van der Waals surface area contributed by atoms with Gasteiger partial charge in [0, 0.05) is 13.0 Å². The normalized spacial score (nSPS) is 10.4. The second-order valence-electron chi connectivity index (χ2n) is 3.86. The maximum absolute atomic E-state index is 10.9. The molecule has 1 N–H and O–H groups in total. The van der Waals surface area contributed by atoms with E-state index in [4.69, 9.17) is 0 Å². The quantitative estimate of drug-likeness (QED) is 0.318. The van der Waals surface area contributed by atoms with Crippen LogP contribution in [-0.4, -0.2) is 43.1 Å². The van der Waals surface area contributed by atoms with E-state index in [9.17, 15) is 4.79 Å². The summed E-state index contributed by atoms with van der Waals surface area (Å²) < 4.78 is 1.14. The zero-order chi connectivity index (χ0) is 11.7. The fourth-order valence-corrected chi connectivity index (χ4v) is 1.84. The molecule has 96 valence electrons. The van der Waals surface area contributed by atoms with Crippen molar-refractivity contribution < 1.29 is 21.7 Å². The molecule has 0 unspecified atom stereocenters. The van der Waals surface area contributed by atoms with Crippen molar-refractivity contribution in [1.82, 2.24) is 5.32 Å². The van der Waals surface area contributed by atoms with Crippen LogP contribution in [0.5, 0.6) is 0 Å². The summed E-state index contributed by atoms with van der Waals surface area (Å²) in [5.41, 5.74) is 0. The van der Waals surface area contributed by atoms with Crippen molar-refractivity contribution >= 4 is 5.91 Å². The number of nitrogens with zero attached hydrogens (tertiary/aromatic N) is 1. The van der Waals surface area contributed by atoms with E-state index < -0.39 is 0 Å². The summed E-state index contributed by atoms with van der Waals surface area (Å²) in [5, 5.41) is 2.81. The molecule has 16 heavy (non-hydrogen) atoms. The number of amides is 1. The van der Waals surface area contributed by atoms with Crippen LogP contribution in [0.3, 0.4) is 0 Å². The maximum atomic E-state index is 10.9. The number of hydrogen-bond donors (Lipinski definition) is 1. The van der Waals surface area contributed by atoms with Gasteiger partial charge in [0.05, 0.1) is 26.2 Å². The lowest BCUT2D eigenvalue weighted by molar-refractivity contribution is -0.923. The second-order valence-corrected chi connectivity index (χ2v) is 3.86. The molecule has 1 amide bonds. The summed E-state index contributed by atoms with van der Waals surface area (Å²) >= 11 is 0. The van der Waals surface area contributed by atoms with Crippen LogP contribution in [0.1, 0.15) is 27.2 Å². The van der Waals surface area contributed by atoms with Crippen molar-refractivity contribution in [2.45, 2.75) is 27.2 Å². The van der Waals surface area contributed by atoms with E-state index in [0.29, 0.717) is 0 Å². The van der Waals surface area contributed by atoms with Gasteiger partial charge >= 0.3 is 0 Å². The first-order valence-electron chi connectivity index (χ1n) is 5.89. The van der Waals surface area contributed by atoms with E-state index in [1.165, 1.54) is 25.7 Å². The zero-order valence-corrected chi connectivity index (χ0v) is 11.5. The summed E-state index contributed by atoms with van der Waals surface area (Å²) in [7, 11) is 0. The van der Waals surface area contributed by atoms with Crippen LogP contribution in [0.4, 0.5) is 0 Å². The molecule has 0 rings (SSSR count). The first-order chi connectivity index (χ1) is 7.14. The standard InChI is InChI=1S/C12H24N2O.ClH/c1-5-12(15)13-10-9-11-14(6-2,7-3)8-4;/h5H,1,6-11H2,2-4H3;1H. The molecule has 0 saturated carbocycles. The van der Waals surface area contributed by atoms with Crippen LogP contribution in [-0.2, 0) is 4.79 Å². The van der Waals surface area contributed by atoms with Crippen LogP contribution in [0.2, 0.25) is 0 Å². The summed E-state index contributed by atoms with van der Waals surface area (Å²) in [6, 6.07) is 0. The average Bonchev–Trinajstić information content (AvgIpc) is 2.30. The molecular weight excluding hydrogens is 224 g/mol. The number of hydrogen-bond acceptors (Lipinski definition) is 1. The van der Waals surface area contributed by atoms with Crippen molar-refractivity contribution in [2.24, 2.45) is 0 Å². The maximum Gasteiger partial charge on any atom is 0.243 e. The Morgan fingerprint density at radius 3 is 2.12 bits per heavy atom. The number of nitrogens with one attached hydrogen (secondary N) is 1. The predicted molar refractivity (Wildman–Crippen MR) is 64.6 cm³/mol. The zero-order valence-electron chi connectivity index (χ0n) is 10.8. The molecule has 0 aliphatic rings. The van der Waals surface area contributed by atoms with Gasteiger partial charge in [-0.15, -0.1) is 0 Å². The molecule has 0 heterocycles. The highest BCUT2D eigenvalue weighted by atomic mass is 35.5. The third kappa shape index (κ3) is 6.13. The minimum absolute atomic E-state index is 0. The molecule has 3 nitrogen and oxygen atoms in total. The molecule has 0 spiro atoms. The molecule has 0 aromatic rings. The van der Waals surface area contributed by atoms with E-state index in [0.717, 1.165) is 24.0 Å². The van der Waals surface area contributed by atoms with Crippen LogP contribution in [0.25, 0.3) is 0 Å². The lowest BCUT2D eigenvalue weighted by Gasteiger charge is -2.35. The fraction of sp³-hybridized carbons (Fsp3) is 0.750. The monoisotopic (exact) mass is 248 g/mol. The second kappa shape index (κ2) is 9.67. The lowest BCUT2D eigenvalue weighted by Crippen LogP contribution is -3.00. The number of quaternary nitrogens is 1. The summed E-state index contributed by atoms with van der Waals surface area (Å²) in [6.45, 7) is 15.5. The Labute approximate surface area is 106 Å². The van der Waals surface area contributed by atoms with E-state index in [1.807, 2.05) is 0 Å². The molecular formula is C12H25ClN2O. The minimum Gasteiger partial charge on any atom is -1.00 e. The van der Waals surface area contributed by atoms with Gasteiger partial charge in [-0.1, -0.05) is 6.58 Å². The Hall–Kier alpha value is -0.540. The van der Waals surface area contributed by atoms with Gasteiger partial charge in [0.1, 0.15) is 0 Å². The van der Waals surface area contributed by atoms with Crippen LogP contribution in [0.15, 0.2) is 12.7 Å². The van der Waals surface area contributed by atoms with Crippen LogP contribution < -0.4 is 17.7 Å². The van der Waals surface area contributed by atoms with Gasteiger partial charge in [0.25, 0.3) is 0 Å². The average molecular weight is 249 g/mol. The SMILES string of the molecule is C=CC(=O)NCCC[N+](CC)(CC)CC.[Cl-]. The lowest BCUT2D eigenvalue weighted by atomic mass is 10.3. The van der Waals surface area contributed by atoms with Crippen molar-refractivity contribution in [3.05, 3.63) is 12.7 Å². The van der Waals surface area contributed by atoms with Gasteiger partial charge in [-0.25, -0.2) is 0 Å². The van der Waals surface area contributed by atoms with Gasteiger partial charge in [-0.3, -0.25) is 4.79 Å². The number of carbonyl (C=O) groups is 1. The van der Waals surface area contributed by atoms with E-state index in [1.54, 1.807) is 0 Å². The highest BCUT2D eigenvalue weighted by Crippen LogP contribution is 2.06. The van der Waals surface area contributed by atoms with E-state index >= 15 is 0 Å². The van der Waals surface area contributed by atoms with Gasteiger partial charge in [-0.2, -0.15) is 0 Å². The Morgan fingerprint density at radius 2 is 1.75 bits per heavy atom. The minimum atomic E-state index is -0.0717. The summed E-state index contributed by atoms with van der Waals surface area (Å²) in [6.07, 6.45) is 2.36. The molecule has 0 aromatic carbocycles. The third-order valence-corrected chi connectivity index (χ3v) is 3.31. The van der Waals surface area contributed by atoms with E-state index in [2.05, 4.69) is 32.7 Å². The molecule has 0 atom stereocenters.